The molecular weight excluding hydrogens is 476 g/mol. The molecule has 0 bridgehead atoms. The Bertz CT molecular complexity index is 1530. The predicted molar refractivity (Wildman–Crippen MR) is 126 cm³/mol. The third-order valence-electron chi connectivity index (χ3n) is 5.09. The molecule has 4 aromatic rings. The lowest BCUT2D eigenvalue weighted by Gasteiger charge is -2.11. The van der Waals surface area contributed by atoms with Gasteiger partial charge in [-0.15, -0.1) is 0 Å². The number of hydrogen-bond donors (Lipinski definition) is 1. The van der Waals surface area contributed by atoms with E-state index in [4.69, 9.17) is 16.1 Å². The molecule has 0 atom stereocenters. The molecule has 0 amide bonds. The van der Waals surface area contributed by atoms with Gasteiger partial charge in [0, 0.05) is 24.1 Å². The second-order valence-corrected chi connectivity index (χ2v) is 7.96. The maximum Gasteiger partial charge on any atom is 0.335 e. The monoisotopic (exact) mass is 496 g/mol. The normalized spacial score (nSPS) is 11.6. The lowest BCUT2D eigenvalue weighted by atomic mass is 10.2. The van der Waals surface area contributed by atoms with Crippen molar-refractivity contribution < 1.29 is 14.1 Å². The number of halogens is 1. The highest BCUT2D eigenvalue weighted by Crippen LogP contribution is 2.19. The van der Waals surface area contributed by atoms with Crippen LogP contribution in [-0.4, -0.2) is 37.3 Å². The van der Waals surface area contributed by atoms with Crippen molar-refractivity contribution >= 4 is 23.3 Å². The van der Waals surface area contributed by atoms with Crippen molar-refractivity contribution in [2.45, 2.75) is 26.4 Å². The highest BCUT2D eigenvalue weighted by Gasteiger charge is 2.12. The molecule has 2 aromatic carbocycles. The zero-order chi connectivity index (χ0) is 24.9. The summed E-state index contributed by atoms with van der Waals surface area (Å²) in [5.41, 5.74) is 0.714. The number of esters is 1. The average Bonchev–Trinajstić information content (AvgIpc) is 3.29. The van der Waals surface area contributed by atoms with Crippen molar-refractivity contribution in [3.8, 4) is 11.4 Å². The molecular formula is C23H21ClN6O5. The van der Waals surface area contributed by atoms with Gasteiger partial charge in [0.2, 0.25) is 17.3 Å². The molecule has 0 aliphatic rings. The first kappa shape index (κ1) is 23.9. The summed E-state index contributed by atoms with van der Waals surface area (Å²) in [7, 11) is 1.24. The molecule has 0 aliphatic carbocycles. The zero-order valence-corrected chi connectivity index (χ0v) is 19.7. The molecule has 35 heavy (non-hydrogen) atoms. The number of aromatic amines is 1. The number of aryl methyl sites for hydroxylation is 1. The van der Waals surface area contributed by atoms with Gasteiger partial charge in [0.1, 0.15) is 0 Å². The summed E-state index contributed by atoms with van der Waals surface area (Å²) in [5.74, 6) is 0.349. The van der Waals surface area contributed by atoms with Crippen LogP contribution in [0.4, 0.5) is 5.69 Å². The fraction of sp³-hybridized carbons (Fsp3) is 0.217. The van der Waals surface area contributed by atoms with Gasteiger partial charge in [0.25, 0.3) is 0 Å². The Morgan fingerprint density at radius 2 is 1.83 bits per heavy atom. The highest BCUT2D eigenvalue weighted by atomic mass is 35.5. The van der Waals surface area contributed by atoms with E-state index >= 15 is 0 Å². The molecule has 2 heterocycles. The summed E-state index contributed by atoms with van der Waals surface area (Å²) in [4.78, 5) is 48.8. The SMILES string of the molecule is COC(=O)CCn1c(=O)[nH]/c(=N\c2ccc(-c3noc(C)n3)cc2)n(Cc2ccc(Cl)cc2)c1=O. The van der Waals surface area contributed by atoms with Gasteiger partial charge < -0.3 is 9.26 Å². The Balaban J connectivity index is 1.77. The van der Waals surface area contributed by atoms with E-state index in [1.807, 2.05) is 0 Å². The third-order valence-corrected chi connectivity index (χ3v) is 5.34. The second-order valence-electron chi connectivity index (χ2n) is 7.52. The van der Waals surface area contributed by atoms with Gasteiger partial charge in [0.05, 0.1) is 25.8 Å². The quantitative estimate of drug-likeness (QED) is 0.387. The van der Waals surface area contributed by atoms with Gasteiger partial charge >= 0.3 is 17.3 Å². The Labute approximate surface area is 203 Å². The second kappa shape index (κ2) is 10.3. The molecule has 12 heteroatoms. The first-order valence-electron chi connectivity index (χ1n) is 10.5. The van der Waals surface area contributed by atoms with Crippen LogP contribution in [-0.2, 0) is 22.6 Å². The average molecular weight is 497 g/mol. The fourth-order valence-electron chi connectivity index (χ4n) is 3.28. The van der Waals surface area contributed by atoms with Crippen molar-refractivity contribution in [2.75, 3.05) is 7.11 Å². The first-order chi connectivity index (χ1) is 16.8. The summed E-state index contributed by atoms with van der Waals surface area (Å²) in [6.07, 6.45) is -0.131. The number of nitrogens with zero attached hydrogens (tertiary/aromatic N) is 5. The van der Waals surface area contributed by atoms with Crippen LogP contribution in [0.2, 0.25) is 5.02 Å². The molecule has 0 aliphatic heterocycles. The summed E-state index contributed by atoms with van der Waals surface area (Å²) < 4.78 is 11.9. The largest absolute Gasteiger partial charge is 0.469 e. The van der Waals surface area contributed by atoms with Crippen molar-refractivity contribution in [2.24, 2.45) is 4.99 Å². The number of rotatable bonds is 7. The minimum Gasteiger partial charge on any atom is -0.469 e. The number of hydrogen-bond acceptors (Lipinski definition) is 8. The number of carbonyl (C=O) groups is 1. The summed E-state index contributed by atoms with van der Waals surface area (Å²) in [6.45, 7) is 1.67. The number of nitrogens with one attached hydrogen (secondary N) is 1. The van der Waals surface area contributed by atoms with Crippen molar-refractivity contribution in [3.05, 3.63) is 91.6 Å². The summed E-state index contributed by atoms with van der Waals surface area (Å²) in [6, 6.07) is 13.9. The summed E-state index contributed by atoms with van der Waals surface area (Å²) in [5, 5.41) is 4.43. The maximum absolute atomic E-state index is 13.3. The van der Waals surface area contributed by atoms with E-state index in [1.54, 1.807) is 55.5 Å². The molecule has 0 unspecified atom stereocenters. The predicted octanol–water partition coefficient (Wildman–Crippen LogP) is 2.19. The molecule has 0 fully saturated rings. The van der Waals surface area contributed by atoms with Crippen molar-refractivity contribution in [3.63, 3.8) is 0 Å². The standard InChI is InChI=1S/C23H21ClN6O5/c1-14-25-20(28-35-14)16-5-9-18(10-6-16)26-21-27-22(32)29(12-11-19(31)34-2)23(33)30(21)13-15-3-7-17(24)8-4-15/h3-10H,11-13H2,1-2H3,(H,26,27,32). The van der Waals surface area contributed by atoms with E-state index in [0.717, 1.165) is 15.7 Å². The van der Waals surface area contributed by atoms with Gasteiger partial charge in [-0.2, -0.15) is 4.98 Å². The van der Waals surface area contributed by atoms with E-state index < -0.39 is 17.3 Å². The van der Waals surface area contributed by atoms with Crippen LogP contribution in [0.1, 0.15) is 17.9 Å². The van der Waals surface area contributed by atoms with E-state index in [9.17, 15) is 14.4 Å². The van der Waals surface area contributed by atoms with E-state index in [2.05, 4.69) is 24.9 Å². The molecule has 0 radical (unpaired) electrons. The fourth-order valence-corrected chi connectivity index (χ4v) is 3.41. The van der Waals surface area contributed by atoms with Crippen LogP contribution in [0.25, 0.3) is 11.4 Å². The minimum absolute atomic E-state index is 0.0485. The molecule has 1 N–H and O–H groups in total. The zero-order valence-electron chi connectivity index (χ0n) is 18.9. The van der Waals surface area contributed by atoms with Crippen LogP contribution in [0, 0.1) is 6.92 Å². The topological polar surface area (TPSA) is 137 Å². The van der Waals surface area contributed by atoms with E-state index in [1.165, 1.54) is 11.7 Å². The first-order valence-corrected chi connectivity index (χ1v) is 10.9. The van der Waals surface area contributed by atoms with Gasteiger partial charge in [-0.25, -0.2) is 19.1 Å². The number of methoxy groups -OCH3 is 1. The lowest BCUT2D eigenvalue weighted by molar-refractivity contribution is -0.140. The molecule has 0 saturated carbocycles. The number of benzene rings is 2. The molecule has 0 saturated heterocycles. The van der Waals surface area contributed by atoms with Gasteiger partial charge in [0.15, 0.2) is 0 Å². The van der Waals surface area contributed by atoms with E-state index in [-0.39, 0.29) is 25.1 Å². The molecule has 4 rings (SSSR count). The van der Waals surface area contributed by atoms with Crippen LogP contribution in [0.5, 0.6) is 0 Å². The lowest BCUT2D eigenvalue weighted by Crippen LogP contribution is -2.50. The number of H-pyrrole nitrogens is 1. The van der Waals surface area contributed by atoms with Crippen LogP contribution in [0.3, 0.4) is 0 Å². The Hall–Kier alpha value is -4.25. The Kier molecular flexibility index (Phi) is 7.06. The number of carbonyl (C=O) groups excluding carboxylic acids is 1. The minimum atomic E-state index is -0.691. The van der Waals surface area contributed by atoms with Crippen molar-refractivity contribution in [1.82, 2.24) is 24.3 Å². The van der Waals surface area contributed by atoms with Crippen LogP contribution < -0.4 is 17.0 Å². The van der Waals surface area contributed by atoms with Gasteiger partial charge in [-0.05, 0) is 42.0 Å². The smallest absolute Gasteiger partial charge is 0.335 e. The highest BCUT2D eigenvalue weighted by molar-refractivity contribution is 6.30. The van der Waals surface area contributed by atoms with Crippen molar-refractivity contribution in [1.29, 1.82) is 0 Å². The molecule has 11 nitrogen and oxygen atoms in total. The number of ether oxygens (including phenoxy) is 1. The third kappa shape index (κ3) is 5.64. The van der Waals surface area contributed by atoms with Gasteiger partial charge in [-0.3, -0.25) is 14.3 Å². The summed E-state index contributed by atoms with van der Waals surface area (Å²) >= 11 is 5.98. The Morgan fingerprint density at radius 3 is 2.46 bits per heavy atom. The molecule has 180 valence electrons. The molecule has 0 spiro atoms. The molecule has 2 aromatic heterocycles. The maximum atomic E-state index is 13.3. The van der Waals surface area contributed by atoms with Gasteiger partial charge in [-0.1, -0.05) is 28.9 Å². The van der Waals surface area contributed by atoms with Crippen LogP contribution >= 0.6 is 11.6 Å². The Morgan fingerprint density at radius 1 is 1.11 bits per heavy atom. The van der Waals surface area contributed by atoms with E-state index in [0.29, 0.717) is 22.4 Å². The van der Waals surface area contributed by atoms with Crippen LogP contribution in [0.15, 0.2) is 67.6 Å². The number of aromatic nitrogens is 5.